The molecule has 72 valence electrons. The number of hydrogen-bond donors (Lipinski definition) is 1. The first-order chi connectivity index (χ1) is 6.88. The summed E-state index contributed by atoms with van der Waals surface area (Å²) in [5, 5.41) is 11.8. The Labute approximate surface area is 83.8 Å². The second-order valence-corrected chi connectivity index (χ2v) is 3.70. The molecule has 3 nitrogen and oxygen atoms in total. The zero-order chi connectivity index (χ0) is 9.80. The van der Waals surface area contributed by atoms with Crippen molar-refractivity contribution in [3.63, 3.8) is 0 Å². The highest BCUT2D eigenvalue weighted by Gasteiger charge is 2.19. The predicted molar refractivity (Wildman–Crippen MR) is 54.8 cm³/mol. The summed E-state index contributed by atoms with van der Waals surface area (Å²) in [5.74, 6) is 0.953. The third-order valence-electron chi connectivity index (χ3n) is 2.46. The van der Waals surface area contributed by atoms with E-state index in [-0.39, 0.29) is 0 Å². The number of nitriles is 1. The minimum absolute atomic E-state index is 0.470. The molecule has 1 saturated carbocycles. The van der Waals surface area contributed by atoms with Crippen LogP contribution in [-0.4, -0.2) is 11.5 Å². The van der Waals surface area contributed by atoms with Crippen LogP contribution in [-0.2, 0) is 0 Å². The number of hydrogen-bond acceptors (Lipinski definition) is 3. The Kier molecular flexibility index (Phi) is 2.64. The first-order valence-electron chi connectivity index (χ1n) is 4.98. The van der Waals surface area contributed by atoms with Crippen LogP contribution in [0, 0.1) is 17.2 Å². The molecule has 14 heavy (non-hydrogen) atoms. The number of nitrogens with zero attached hydrogens (tertiary/aromatic N) is 2. The van der Waals surface area contributed by atoms with Crippen LogP contribution in [0.25, 0.3) is 0 Å². The molecule has 0 aliphatic heterocycles. The molecule has 0 atom stereocenters. The van der Waals surface area contributed by atoms with Crippen LogP contribution >= 0.6 is 0 Å². The lowest BCUT2D eigenvalue weighted by molar-refractivity contribution is 0.760. The third-order valence-corrected chi connectivity index (χ3v) is 2.46. The van der Waals surface area contributed by atoms with E-state index in [4.69, 9.17) is 5.26 Å². The zero-order valence-electron chi connectivity index (χ0n) is 8.03. The van der Waals surface area contributed by atoms with Crippen molar-refractivity contribution in [1.82, 2.24) is 4.98 Å². The summed E-state index contributed by atoms with van der Waals surface area (Å²) < 4.78 is 0. The third kappa shape index (κ3) is 2.46. The molecular formula is C11H13N3. The summed E-state index contributed by atoms with van der Waals surface area (Å²) in [6.07, 6.45) is 5.76. The summed E-state index contributed by atoms with van der Waals surface area (Å²) in [6.45, 7) is 1.01. The minimum Gasteiger partial charge on any atom is -0.384 e. The van der Waals surface area contributed by atoms with Gasteiger partial charge in [-0.25, -0.2) is 4.98 Å². The molecule has 0 unspecified atom stereocenters. The second-order valence-electron chi connectivity index (χ2n) is 3.70. The van der Waals surface area contributed by atoms with Crippen molar-refractivity contribution < 1.29 is 0 Å². The summed E-state index contributed by atoms with van der Waals surface area (Å²) in [7, 11) is 0. The Bertz CT molecular complexity index is 333. The minimum atomic E-state index is 0.470. The van der Waals surface area contributed by atoms with Crippen LogP contribution in [0.2, 0.25) is 0 Å². The van der Waals surface area contributed by atoms with Crippen molar-refractivity contribution in [3.05, 3.63) is 24.0 Å². The molecule has 1 aliphatic carbocycles. The highest BCUT2D eigenvalue weighted by molar-refractivity contribution is 5.42. The topological polar surface area (TPSA) is 48.7 Å². The van der Waals surface area contributed by atoms with Gasteiger partial charge in [-0.05, 0) is 24.5 Å². The lowest BCUT2D eigenvalue weighted by Crippen LogP contribution is -2.02. The molecular weight excluding hydrogens is 174 g/mol. The fraction of sp³-hybridized carbons (Fsp3) is 0.455. The van der Waals surface area contributed by atoms with E-state index >= 15 is 0 Å². The Balaban J connectivity index is 1.80. The second kappa shape index (κ2) is 4.10. The van der Waals surface area contributed by atoms with Gasteiger partial charge >= 0.3 is 0 Å². The van der Waals surface area contributed by atoms with E-state index in [1.165, 1.54) is 19.3 Å². The Morgan fingerprint density at radius 3 is 2.93 bits per heavy atom. The number of anilines is 1. The first kappa shape index (κ1) is 9.01. The smallest absolute Gasteiger partial charge is 0.140 e. The lowest BCUT2D eigenvalue weighted by Gasteiger charge is -2.04. The van der Waals surface area contributed by atoms with Crippen molar-refractivity contribution in [1.29, 1.82) is 5.26 Å². The maximum atomic E-state index is 8.55. The molecule has 0 amide bonds. The average Bonchev–Trinajstić information content (AvgIpc) is 3.03. The highest BCUT2D eigenvalue weighted by Crippen LogP contribution is 2.32. The van der Waals surface area contributed by atoms with E-state index in [1.807, 2.05) is 12.1 Å². The number of nitrogens with one attached hydrogen (secondary N) is 1. The number of aromatic nitrogens is 1. The van der Waals surface area contributed by atoms with Gasteiger partial charge in [0.1, 0.15) is 11.8 Å². The predicted octanol–water partition coefficient (Wildman–Crippen LogP) is 2.17. The van der Waals surface area contributed by atoms with Crippen LogP contribution in [0.3, 0.4) is 0 Å². The molecule has 0 saturated heterocycles. The van der Waals surface area contributed by atoms with Crippen molar-refractivity contribution >= 4 is 5.69 Å². The molecule has 0 radical (unpaired) electrons. The van der Waals surface area contributed by atoms with Gasteiger partial charge in [-0.15, -0.1) is 0 Å². The summed E-state index contributed by atoms with van der Waals surface area (Å²) in [5.41, 5.74) is 1.47. The van der Waals surface area contributed by atoms with Gasteiger partial charge < -0.3 is 5.32 Å². The van der Waals surface area contributed by atoms with Gasteiger partial charge in [0.15, 0.2) is 0 Å². The van der Waals surface area contributed by atoms with E-state index in [2.05, 4.69) is 10.3 Å². The average molecular weight is 187 g/mol. The molecule has 1 fully saturated rings. The quantitative estimate of drug-likeness (QED) is 0.785. The molecule has 1 aliphatic rings. The number of pyridine rings is 1. The molecule has 0 bridgehead atoms. The van der Waals surface area contributed by atoms with Crippen molar-refractivity contribution in [2.45, 2.75) is 19.3 Å². The van der Waals surface area contributed by atoms with Gasteiger partial charge in [-0.2, -0.15) is 5.26 Å². The van der Waals surface area contributed by atoms with E-state index in [1.54, 1.807) is 12.3 Å². The highest BCUT2D eigenvalue weighted by atomic mass is 14.9. The van der Waals surface area contributed by atoms with E-state index in [0.29, 0.717) is 5.69 Å². The molecule has 3 heteroatoms. The van der Waals surface area contributed by atoms with Crippen LogP contribution in [0.4, 0.5) is 5.69 Å². The van der Waals surface area contributed by atoms with Crippen LogP contribution in [0.15, 0.2) is 18.3 Å². The van der Waals surface area contributed by atoms with Crippen molar-refractivity contribution in [2.75, 3.05) is 11.9 Å². The molecule has 1 N–H and O–H groups in total. The fourth-order valence-electron chi connectivity index (χ4n) is 1.39. The SMILES string of the molecule is N#Cc1ccc(NCCC2CC2)cn1. The summed E-state index contributed by atoms with van der Waals surface area (Å²) in [4.78, 5) is 3.99. The van der Waals surface area contributed by atoms with E-state index < -0.39 is 0 Å². The van der Waals surface area contributed by atoms with Crippen molar-refractivity contribution in [3.8, 4) is 6.07 Å². The molecule has 0 spiro atoms. The zero-order valence-corrected chi connectivity index (χ0v) is 8.03. The maximum absolute atomic E-state index is 8.55. The number of rotatable bonds is 4. The van der Waals surface area contributed by atoms with Gasteiger partial charge in [0.05, 0.1) is 11.9 Å². The van der Waals surface area contributed by atoms with Gasteiger partial charge in [0.25, 0.3) is 0 Å². The fourth-order valence-corrected chi connectivity index (χ4v) is 1.39. The van der Waals surface area contributed by atoms with E-state index in [9.17, 15) is 0 Å². The first-order valence-corrected chi connectivity index (χ1v) is 4.98. The Morgan fingerprint density at radius 1 is 1.50 bits per heavy atom. The van der Waals surface area contributed by atoms with Gasteiger partial charge in [0.2, 0.25) is 0 Å². The Morgan fingerprint density at radius 2 is 2.36 bits per heavy atom. The molecule has 2 rings (SSSR count). The molecule has 1 aromatic rings. The standard InChI is InChI=1S/C11H13N3/c12-7-10-3-4-11(8-14-10)13-6-5-9-1-2-9/h3-4,8-9,13H,1-2,5-6H2. The molecule has 1 aromatic heterocycles. The van der Waals surface area contributed by atoms with Gasteiger partial charge in [-0.3, -0.25) is 0 Å². The van der Waals surface area contributed by atoms with Crippen LogP contribution in [0.1, 0.15) is 25.0 Å². The molecule has 1 heterocycles. The summed E-state index contributed by atoms with van der Waals surface area (Å²) >= 11 is 0. The van der Waals surface area contributed by atoms with Crippen LogP contribution < -0.4 is 5.32 Å². The lowest BCUT2D eigenvalue weighted by atomic mass is 10.3. The summed E-state index contributed by atoms with van der Waals surface area (Å²) in [6, 6.07) is 5.64. The normalized spacial score (nSPS) is 14.8. The van der Waals surface area contributed by atoms with Gasteiger partial charge in [-0.1, -0.05) is 12.8 Å². The Hall–Kier alpha value is -1.56. The maximum Gasteiger partial charge on any atom is 0.140 e. The monoisotopic (exact) mass is 187 g/mol. The van der Waals surface area contributed by atoms with Crippen LogP contribution in [0.5, 0.6) is 0 Å². The van der Waals surface area contributed by atoms with Crippen molar-refractivity contribution in [2.24, 2.45) is 5.92 Å². The van der Waals surface area contributed by atoms with Gasteiger partial charge in [0, 0.05) is 6.54 Å². The van der Waals surface area contributed by atoms with E-state index in [0.717, 1.165) is 18.2 Å². The molecule has 0 aromatic carbocycles. The largest absolute Gasteiger partial charge is 0.384 e.